The summed E-state index contributed by atoms with van der Waals surface area (Å²) in [5, 5.41) is 4.61. The monoisotopic (exact) mass is 462 g/mol. The lowest BCUT2D eigenvalue weighted by Gasteiger charge is -2.48. The smallest absolute Gasteiger partial charge is 0.184 e. The second-order valence-electron chi connectivity index (χ2n) is 7.19. The third-order valence-corrected chi connectivity index (χ3v) is 6.66. The van der Waals surface area contributed by atoms with E-state index in [1.54, 1.807) is 6.20 Å². The van der Waals surface area contributed by atoms with E-state index in [2.05, 4.69) is 15.0 Å². The fourth-order valence-electron chi connectivity index (χ4n) is 3.74. The van der Waals surface area contributed by atoms with Gasteiger partial charge in [-0.05, 0) is 25.4 Å². The van der Waals surface area contributed by atoms with Crippen molar-refractivity contribution in [2.75, 3.05) is 13.2 Å². The van der Waals surface area contributed by atoms with Gasteiger partial charge in [0.1, 0.15) is 23.7 Å². The van der Waals surface area contributed by atoms with Gasteiger partial charge in [-0.1, -0.05) is 58.8 Å². The molecule has 0 N–H and O–H groups in total. The van der Waals surface area contributed by atoms with Gasteiger partial charge in [-0.2, -0.15) is 0 Å². The van der Waals surface area contributed by atoms with Crippen LogP contribution in [0.4, 0.5) is 0 Å². The minimum absolute atomic E-state index is 0.310. The second kappa shape index (κ2) is 10.2. The fourth-order valence-corrected chi connectivity index (χ4v) is 5.20. The summed E-state index contributed by atoms with van der Waals surface area (Å²) in [5.41, 5.74) is 10.6. The molecule has 2 aliphatic rings. The van der Waals surface area contributed by atoms with Crippen LogP contribution >= 0.6 is 23.4 Å². The molecule has 1 aromatic heterocycles. The molecule has 3 unspecified atom stereocenters. The molecule has 3 heterocycles. The molecular weight excluding hydrogens is 440 g/mol. The first-order chi connectivity index (χ1) is 15.1. The Labute approximate surface area is 189 Å². The van der Waals surface area contributed by atoms with E-state index in [1.165, 1.54) is 11.8 Å². The Morgan fingerprint density at radius 1 is 1.32 bits per heavy atom. The molecule has 8 nitrogen and oxygen atoms in total. The van der Waals surface area contributed by atoms with Crippen molar-refractivity contribution in [3.8, 4) is 0 Å². The summed E-state index contributed by atoms with van der Waals surface area (Å²) >= 11 is 7.59. The average molecular weight is 463 g/mol. The van der Waals surface area contributed by atoms with Gasteiger partial charge in [-0.25, -0.2) is 0 Å². The number of benzene rings is 1. The third kappa shape index (κ3) is 4.99. The predicted molar refractivity (Wildman–Crippen MR) is 117 cm³/mol. The van der Waals surface area contributed by atoms with Crippen molar-refractivity contribution in [1.82, 2.24) is 4.98 Å². The number of pyridine rings is 1. The van der Waals surface area contributed by atoms with Gasteiger partial charge >= 0.3 is 0 Å². The van der Waals surface area contributed by atoms with Gasteiger partial charge in [-0.3, -0.25) is 4.98 Å². The van der Waals surface area contributed by atoms with Crippen molar-refractivity contribution in [2.24, 2.45) is 5.11 Å². The quantitative estimate of drug-likeness (QED) is 0.338. The van der Waals surface area contributed by atoms with Crippen molar-refractivity contribution in [3.05, 3.63) is 69.3 Å². The Balaban J connectivity index is 1.61. The van der Waals surface area contributed by atoms with Gasteiger partial charge in [0.05, 0.1) is 23.4 Å². The van der Waals surface area contributed by atoms with Crippen LogP contribution in [-0.2, 0) is 18.9 Å². The first kappa shape index (κ1) is 22.4. The molecule has 0 spiro atoms. The van der Waals surface area contributed by atoms with Crippen LogP contribution in [0.3, 0.4) is 0 Å². The molecule has 0 saturated carbocycles. The molecule has 4 rings (SSSR count). The molecule has 0 bridgehead atoms. The molecule has 0 radical (unpaired) electrons. The highest BCUT2D eigenvalue weighted by Crippen LogP contribution is 2.41. The Hall–Kier alpha value is -1.84. The van der Waals surface area contributed by atoms with Crippen molar-refractivity contribution in [1.29, 1.82) is 0 Å². The van der Waals surface area contributed by atoms with Crippen LogP contribution in [0.5, 0.6) is 0 Å². The van der Waals surface area contributed by atoms with E-state index in [-0.39, 0.29) is 0 Å². The van der Waals surface area contributed by atoms with E-state index < -0.39 is 36.1 Å². The minimum Gasteiger partial charge on any atom is -0.374 e. The van der Waals surface area contributed by atoms with Crippen molar-refractivity contribution >= 4 is 23.4 Å². The molecule has 164 valence electrons. The molecule has 1 aromatic carbocycles. The van der Waals surface area contributed by atoms with Gasteiger partial charge in [0.2, 0.25) is 0 Å². The molecule has 0 aliphatic carbocycles. The zero-order valence-electron chi connectivity index (χ0n) is 17.1. The molecule has 2 aromatic rings. The Bertz CT molecular complexity index is 946. The summed E-state index contributed by atoms with van der Waals surface area (Å²) in [5.74, 6) is 0. The number of hydrogen-bond acceptors (Lipinski definition) is 7. The zero-order chi connectivity index (χ0) is 21.8. The largest absolute Gasteiger partial charge is 0.374 e. The Morgan fingerprint density at radius 3 is 2.87 bits per heavy atom. The molecule has 0 amide bonds. The van der Waals surface area contributed by atoms with Crippen molar-refractivity contribution in [2.45, 2.75) is 54.8 Å². The van der Waals surface area contributed by atoms with Gasteiger partial charge < -0.3 is 18.9 Å². The highest BCUT2D eigenvalue weighted by Gasteiger charge is 2.50. The SMILES string of the molecule is CCO[C@H]1C(N=[N+]=[N-])[C@H]2OC(c3ccccc3)OCC2O[C@@H]1Sc1cc(Cl)cnc1C. The van der Waals surface area contributed by atoms with Crippen molar-refractivity contribution in [3.63, 3.8) is 0 Å². The number of fused-ring (bicyclic) bond motifs is 1. The number of aryl methyl sites for hydroxylation is 1. The maximum Gasteiger partial charge on any atom is 0.184 e. The van der Waals surface area contributed by atoms with Gasteiger partial charge in [-0.15, -0.1) is 0 Å². The number of thioether (sulfide) groups is 1. The van der Waals surface area contributed by atoms with Gasteiger partial charge in [0, 0.05) is 28.2 Å². The molecule has 31 heavy (non-hydrogen) atoms. The number of rotatable bonds is 6. The fraction of sp³-hybridized carbons (Fsp3) is 0.476. The van der Waals surface area contributed by atoms with Crippen LogP contribution in [0, 0.1) is 6.92 Å². The van der Waals surface area contributed by atoms with Crippen LogP contribution in [0.25, 0.3) is 10.4 Å². The van der Waals surface area contributed by atoms with E-state index in [1.807, 2.05) is 50.2 Å². The Kier molecular flexibility index (Phi) is 7.35. The normalized spacial score (nSPS) is 30.3. The van der Waals surface area contributed by atoms with Crippen LogP contribution in [0.15, 0.2) is 52.6 Å². The van der Waals surface area contributed by atoms with Crippen LogP contribution in [-0.4, -0.2) is 48.0 Å². The molecule has 2 aliphatic heterocycles. The van der Waals surface area contributed by atoms with E-state index in [0.29, 0.717) is 18.2 Å². The van der Waals surface area contributed by atoms with Crippen molar-refractivity contribution < 1.29 is 18.9 Å². The topological polar surface area (TPSA) is 98.6 Å². The first-order valence-corrected chi connectivity index (χ1v) is 11.3. The molecular formula is C21H23ClN4O4S. The van der Waals surface area contributed by atoms with Crippen LogP contribution in [0.2, 0.25) is 5.02 Å². The summed E-state index contributed by atoms with van der Waals surface area (Å²) in [7, 11) is 0. The van der Waals surface area contributed by atoms with E-state index in [4.69, 9.17) is 30.5 Å². The summed E-state index contributed by atoms with van der Waals surface area (Å²) < 4.78 is 24.5. The second-order valence-corrected chi connectivity index (χ2v) is 8.77. The Morgan fingerprint density at radius 2 is 2.13 bits per heavy atom. The number of hydrogen-bond donors (Lipinski definition) is 0. The summed E-state index contributed by atoms with van der Waals surface area (Å²) in [4.78, 5) is 8.27. The maximum absolute atomic E-state index is 9.28. The number of ether oxygens (including phenoxy) is 4. The standard InChI is InChI=1S/C21H23ClN4O4S/c1-3-27-19-17(25-26-23)18-15(11-28-20(30-18)13-7-5-4-6-8-13)29-21(19)31-16-9-14(22)10-24-12(16)2/h4-10,15,17-21H,3,11H2,1-2H3/t15?,17?,18-,19-,20?,21+/m0/s1. The molecule has 6 atom stereocenters. The number of aromatic nitrogens is 1. The number of azide groups is 1. The lowest BCUT2D eigenvalue weighted by molar-refractivity contribution is -0.300. The lowest BCUT2D eigenvalue weighted by atomic mass is 9.96. The third-order valence-electron chi connectivity index (χ3n) is 5.18. The van der Waals surface area contributed by atoms with E-state index >= 15 is 0 Å². The van der Waals surface area contributed by atoms with Gasteiger partial charge in [0.25, 0.3) is 0 Å². The summed E-state index contributed by atoms with van der Waals surface area (Å²) in [6, 6.07) is 10.9. The average Bonchev–Trinajstić information content (AvgIpc) is 2.79. The summed E-state index contributed by atoms with van der Waals surface area (Å²) in [6.07, 6.45) is -0.374. The lowest BCUT2D eigenvalue weighted by Crippen LogP contribution is -2.60. The van der Waals surface area contributed by atoms with Crippen LogP contribution in [0.1, 0.15) is 24.5 Å². The minimum atomic E-state index is -0.580. The van der Waals surface area contributed by atoms with E-state index in [9.17, 15) is 5.53 Å². The number of nitrogens with zero attached hydrogens (tertiary/aromatic N) is 4. The highest BCUT2D eigenvalue weighted by molar-refractivity contribution is 7.99. The maximum atomic E-state index is 9.28. The number of halogens is 1. The predicted octanol–water partition coefficient (Wildman–Crippen LogP) is 5.06. The highest BCUT2D eigenvalue weighted by atomic mass is 35.5. The van der Waals surface area contributed by atoms with Crippen LogP contribution < -0.4 is 0 Å². The first-order valence-electron chi connectivity index (χ1n) is 10.0. The molecule has 10 heteroatoms. The van der Waals surface area contributed by atoms with Gasteiger partial charge in [0.15, 0.2) is 6.29 Å². The van der Waals surface area contributed by atoms with E-state index in [0.717, 1.165) is 16.2 Å². The zero-order valence-corrected chi connectivity index (χ0v) is 18.7. The molecule has 2 saturated heterocycles. The summed E-state index contributed by atoms with van der Waals surface area (Å²) in [6.45, 7) is 4.54. The molecule has 2 fully saturated rings.